The standard InChI is InChI=1S/C22H39N5O8/c1-10(2)15(24-18(30)13(23)9-28)19(31)25-16(11(3)4)20(32)26-17(12(5)29)21(33)27-8-6-7-14(27)22(34)35/h10-17,28-29H,6-9,23H2,1-5H3,(H,24,30)(H,25,31)(H,26,32)(H,34,35)/t12-,13+,14+,15+,16+,17+/m1/s1. The maximum atomic E-state index is 13.1. The monoisotopic (exact) mass is 501 g/mol. The number of aliphatic hydroxyl groups is 2. The number of nitrogens with one attached hydrogen (secondary N) is 3. The average Bonchev–Trinajstić information content (AvgIpc) is 3.27. The first-order chi connectivity index (χ1) is 16.2. The first-order valence-electron chi connectivity index (χ1n) is 11.7. The molecular formula is C22H39N5O8. The van der Waals surface area contributed by atoms with Gasteiger partial charge in [0, 0.05) is 6.54 Å². The Morgan fingerprint density at radius 3 is 1.74 bits per heavy atom. The van der Waals surface area contributed by atoms with Crippen LogP contribution < -0.4 is 21.7 Å². The van der Waals surface area contributed by atoms with Crippen molar-refractivity contribution in [1.29, 1.82) is 0 Å². The Morgan fingerprint density at radius 1 is 0.886 bits per heavy atom. The van der Waals surface area contributed by atoms with Crippen LogP contribution in [-0.2, 0) is 24.0 Å². The molecule has 0 saturated carbocycles. The van der Waals surface area contributed by atoms with E-state index in [4.69, 9.17) is 10.8 Å². The first-order valence-corrected chi connectivity index (χ1v) is 11.7. The van der Waals surface area contributed by atoms with E-state index in [1.165, 1.54) is 6.92 Å². The number of nitrogens with two attached hydrogens (primary N) is 1. The van der Waals surface area contributed by atoms with Gasteiger partial charge >= 0.3 is 5.97 Å². The molecule has 0 aliphatic carbocycles. The van der Waals surface area contributed by atoms with Crippen molar-refractivity contribution < 1.29 is 39.3 Å². The van der Waals surface area contributed by atoms with Gasteiger partial charge in [-0.15, -0.1) is 0 Å². The summed E-state index contributed by atoms with van der Waals surface area (Å²) in [6.45, 7) is 7.55. The van der Waals surface area contributed by atoms with Gasteiger partial charge < -0.3 is 41.9 Å². The SMILES string of the molecule is CC(C)[C@H](NC(=O)[C@@H](NC(=O)[C@@H](N)CO)C(C)C)C(=O)N[C@H](C(=O)N1CCC[C@H]1C(=O)O)[C@@H](C)O. The third-order valence-corrected chi connectivity index (χ3v) is 5.89. The van der Waals surface area contributed by atoms with Gasteiger partial charge in [-0.3, -0.25) is 19.2 Å². The number of rotatable bonds is 12. The Kier molecular flexibility index (Phi) is 11.5. The summed E-state index contributed by atoms with van der Waals surface area (Å²) in [7, 11) is 0. The fourth-order valence-corrected chi connectivity index (χ4v) is 3.75. The molecule has 35 heavy (non-hydrogen) atoms. The molecule has 8 N–H and O–H groups in total. The van der Waals surface area contributed by atoms with E-state index < -0.39 is 78.4 Å². The van der Waals surface area contributed by atoms with Crippen LogP contribution in [0.15, 0.2) is 0 Å². The highest BCUT2D eigenvalue weighted by molar-refractivity contribution is 5.96. The second-order valence-electron chi connectivity index (χ2n) is 9.50. The van der Waals surface area contributed by atoms with E-state index >= 15 is 0 Å². The number of carboxylic acid groups (broad SMARTS) is 1. The van der Waals surface area contributed by atoms with Gasteiger partial charge in [-0.25, -0.2) is 4.79 Å². The summed E-state index contributed by atoms with van der Waals surface area (Å²) >= 11 is 0. The van der Waals surface area contributed by atoms with E-state index in [1.807, 2.05) is 0 Å². The molecule has 4 amide bonds. The number of amides is 4. The molecule has 0 aromatic carbocycles. The van der Waals surface area contributed by atoms with Crippen molar-refractivity contribution in [3.63, 3.8) is 0 Å². The van der Waals surface area contributed by atoms with Gasteiger partial charge in [-0.1, -0.05) is 27.7 Å². The highest BCUT2D eigenvalue weighted by Gasteiger charge is 2.40. The topological polar surface area (TPSA) is 211 Å². The summed E-state index contributed by atoms with van der Waals surface area (Å²) in [4.78, 5) is 63.7. The van der Waals surface area contributed by atoms with E-state index in [-0.39, 0.29) is 18.9 Å². The minimum Gasteiger partial charge on any atom is -0.480 e. The van der Waals surface area contributed by atoms with Crippen molar-refractivity contribution in [3.05, 3.63) is 0 Å². The van der Waals surface area contributed by atoms with E-state index in [0.29, 0.717) is 6.42 Å². The van der Waals surface area contributed by atoms with E-state index in [2.05, 4.69) is 16.0 Å². The fourth-order valence-electron chi connectivity index (χ4n) is 3.75. The molecule has 6 atom stereocenters. The molecule has 1 rings (SSSR count). The summed E-state index contributed by atoms with van der Waals surface area (Å²) in [6, 6.07) is -5.85. The highest BCUT2D eigenvalue weighted by Crippen LogP contribution is 2.19. The zero-order chi connectivity index (χ0) is 27.0. The van der Waals surface area contributed by atoms with E-state index in [9.17, 15) is 34.2 Å². The zero-order valence-electron chi connectivity index (χ0n) is 20.9. The number of nitrogens with zero attached hydrogens (tertiary/aromatic N) is 1. The molecule has 1 aliphatic heterocycles. The van der Waals surface area contributed by atoms with Gasteiger partial charge in [0.05, 0.1) is 12.7 Å². The largest absolute Gasteiger partial charge is 0.480 e. The Morgan fingerprint density at radius 2 is 1.34 bits per heavy atom. The average molecular weight is 502 g/mol. The number of likely N-dealkylation sites (tertiary alicyclic amines) is 1. The van der Waals surface area contributed by atoms with Gasteiger partial charge in [0.15, 0.2) is 0 Å². The molecule has 0 spiro atoms. The van der Waals surface area contributed by atoms with Crippen molar-refractivity contribution in [2.75, 3.05) is 13.2 Å². The van der Waals surface area contributed by atoms with Crippen molar-refractivity contribution in [2.45, 2.75) is 83.8 Å². The molecule has 1 fully saturated rings. The predicted molar refractivity (Wildman–Crippen MR) is 125 cm³/mol. The van der Waals surface area contributed by atoms with Crippen LogP contribution in [-0.4, -0.2) is 99.3 Å². The molecule has 13 heteroatoms. The van der Waals surface area contributed by atoms with E-state index in [0.717, 1.165) is 4.90 Å². The molecule has 1 heterocycles. The minimum atomic E-state index is -1.41. The molecule has 13 nitrogen and oxygen atoms in total. The molecule has 0 radical (unpaired) electrons. The normalized spacial score (nSPS) is 20.1. The maximum absolute atomic E-state index is 13.1. The quantitative estimate of drug-likeness (QED) is 0.151. The molecule has 0 aromatic heterocycles. The molecule has 1 saturated heterocycles. The summed E-state index contributed by atoms with van der Waals surface area (Å²) in [6.07, 6.45) is -0.572. The van der Waals surface area contributed by atoms with Crippen molar-refractivity contribution in [3.8, 4) is 0 Å². The van der Waals surface area contributed by atoms with Crippen LogP contribution in [0.25, 0.3) is 0 Å². The van der Waals surface area contributed by atoms with Gasteiger partial charge in [0.1, 0.15) is 30.2 Å². The van der Waals surface area contributed by atoms with Crippen molar-refractivity contribution >= 4 is 29.6 Å². The summed E-state index contributed by atoms with van der Waals surface area (Å²) in [5.41, 5.74) is 5.50. The smallest absolute Gasteiger partial charge is 0.326 e. The molecule has 0 bridgehead atoms. The Balaban J connectivity index is 3.02. The van der Waals surface area contributed by atoms with Crippen LogP contribution in [0, 0.1) is 11.8 Å². The van der Waals surface area contributed by atoms with Crippen molar-refractivity contribution in [2.24, 2.45) is 17.6 Å². The van der Waals surface area contributed by atoms with Crippen molar-refractivity contribution in [1.82, 2.24) is 20.9 Å². The minimum absolute atomic E-state index is 0.185. The van der Waals surface area contributed by atoms with Crippen LogP contribution in [0.1, 0.15) is 47.5 Å². The van der Waals surface area contributed by atoms with Crippen LogP contribution in [0.5, 0.6) is 0 Å². The number of aliphatic carboxylic acids is 1. The predicted octanol–water partition coefficient (Wildman–Crippen LogP) is -2.47. The summed E-state index contributed by atoms with van der Waals surface area (Å²) in [5.74, 6) is -4.86. The molecule has 200 valence electrons. The second kappa shape index (κ2) is 13.4. The van der Waals surface area contributed by atoms with Crippen LogP contribution >= 0.6 is 0 Å². The summed E-state index contributed by atoms with van der Waals surface area (Å²) in [5, 5.41) is 36.1. The first kappa shape index (κ1) is 30.3. The van der Waals surface area contributed by atoms with Crippen LogP contribution in [0.3, 0.4) is 0 Å². The number of hydrogen-bond acceptors (Lipinski definition) is 8. The van der Waals surface area contributed by atoms with Crippen LogP contribution in [0.4, 0.5) is 0 Å². The van der Waals surface area contributed by atoms with Gasteiger partial charge in [-0.2, -0.15) is 0 Å². The third kappa shape index (κ3) is 8.15. The number of carboxylic acids is 1. The molecule has 0 unspecified atom stereocenters. The fraction of sp³-hybridized carbons (Fsp3) is 0.773. The molecular weight excluding hydrogens is 462 g/mol. The second-order valence-corrected chi connectivity index (χ2v) is 9.50. The number of aliphatic hydroxyl groups excluding tert-OH is 2. The van der Waals surface area contributed by atoms with Gasteiger partial charge in [0.25, 0.3) is 0 Å². The van der Waals surface area contributed by atoms with Gasteiger partial charge in [0.2, 0.25) is 23.6 Å². The lowest BCUT2D eigenvalue weighted by Gasteiger charge is -2.31. The number of hydrogen-bond donors (Lipinski definition) is 7. The maximum Gasteiger partial charge on any atom is 0.326 e. The lowest BCUT2D eigenvalue weighted by Crippen LogP contribution is -2.62. The third-order valence-electron chi connectivity index (χ3n) is 5.89. The highest BCUT2D eigenvalue weighted by atomic mass is 16.4. The Bertz CT molecular complexity index is 788. The molecule has 0 aromatic rings. The van der Waals surface area contributed by atoms with Gasteiger partial charge in [-0.05, 0) is 31.6 Å². The lowest BCUT2D eigenvalue weighted by molar-refractivity contribution is -0.151. The number of carbonyl (C=O) groups is 5. The lowest BCUT2D eigenvalue weighted by atomic mass is 9.98. The summed E-state index contributed by atoms with van der Waals surface area (Å²) < 4.78 is 0. The van der Waals surface area contributed by atoms with E-state index in [1.54, 1.807) is 27.7 Å². The zero-order valence-corrected chi connectivity index (χ0v) is 20.9. The molecule has 1 aliphatic rings. The number of carbonyl (C=O) groups excluding carboxylic acids is 4. The Labute approximate surface area is 204 Å². The Hall–Kier alpha value is -2.77. The van der Waals surface area contributed by atoms with Crippen LogP contribution in [0.2, 0.25) is 0 Å².